The molecule has 0 spiro atoms. The summed E-state index contributed by atoms with van der Waals surface area (Å²) in [7, 11) is 0. The molecule has 0 heterocycles. The van der Waals surface area contributed by atoms with Gasteiger partial charge in [-0.15, -0.1) is 0 Å². The quantitative estimate of drug-likeness (QED) is 0.718. The number of allylic oxidation sites excluding steroid dienone is 1. The van der Waals surface area contributed by atoms with E-state index in [9.17, 15) is 13.2 Å². The normalized spacial score (nSPS) is 19.4. The Morgan fingerprint density at radius 3 is 2.62 bits per heavy atom. The first-order chi connectivity index (χ1) is 7.47. The second-order valence-corrected chi connectivity index (χ2v) is 4.58. The van der Waals surface area contributed by atoms with Gasteiger partial charge in [0, 0.05) is 12.5 Å². The van der Waals surface area contributed by atoms with E-state index in [4.69, 9.17) is 5.73 Å². The van der Waals surface area contributed by atoms with E-state index in [0.717, 1.165) is 19.3 Å². The number of alkyl halides is 3. The Kier molecular flexibility index (Phi) is 5.32. The lowest BCUT2D eigenvalue weighted by atomic mass is 9.93. The zero-order valence-corrected chi connectivity index (χ0v) is 9.52. The summed E-state index contributed by atoms with van der Waals surface area (Å²) < 4.78 is 35.7. The molecule has 0 aromatic heterocycles. The van der Waals surface area contributed by atoms with Crippen molar-refractivity contribution >= 4 is 0 Å². The average Bonchev–Trinajstić information content (AvgIpc) is 2.17. The molecule has 0 bridgehead atoms. The molecule has 0 fully saturated rings. The lowest BCUT2D eigenvalue weighted by Gasteiger charge is -2.17. The van der Waals surface area contributed by atoms with Crippen molar-refractivity contribution in [1.29, 1.82) is 0 Å². The molecule has 1 atom stereocenters. The van der Waals surface area contributed by atoms with E-state index in [-0.39, 0.29) is 12.5 Å². The first-order valence-corrected chi connectivity index (χ1v) is 5.97. The Balaban J connectivity index is 2.15. The minimum Gasteiger partial charge on any atom is -0.327 e. The molecule has 1 unspecified atom stereocenters. The number of hydrogen-bond acceptors (Lipinski definition) is 1. The van der Waals surface area contributed by atoms with Crippen molar-refractivity contribution in [3.63, 3.8) is 0 Å². The molecule has 1 aliphatic rings. The van der Waals surface area contributed by atoms with Gasteiger partial charge in [-0.2, -0.15) is 13.2 Å². The van der Waals surface area contributed by atoms with Crippen LogP contribution in [0, 0.1) is 0 Å². The second-order valence-electron chi connectivity index (χ2n) is 4.58. The molecule has 1 aliphatic carbocycles. The fourth-order valence-corrected chi connectivity index (χ4v) is 2.09. The molecule has 0 radical (unpaired) electrons. The van der Waals surface area contributed by atoms with Crippen molar-refractivity contribution in [2.45, 2.75) is 63.6 Å². The minimum absolute atomic E-state index is 0.105. The zero-order valence-electron chi connectivity index (χ0n) is 9.52. The summed E-state index contributed by atoms with van der Waals surface area (Å²) in [5.41, 5.74) is 7.16. The summed E-state index contributed by atoms with van der Waals surface area (Å²) in [5, 5.41) is 0. The highest BCUT2D eigenvalue weighted by molar-refractivity contribution is 5.06. The standard InChI is InChI=1S/C12H20F3N/c13-12(14,15)8-4-7-11(16)9-10-5-2-1-3-6-10/h5,11H,1-4,6-9,16H2. The summed E-state index contributed by atoms with van der Waals surface area (Å²) in [5.74, 6) is 0. The van der Waals surface area contributed by atoms with Gasteiger partial charge in [-0.1, -0.05) is 11.6 Å². The highest BCUT2D eigenvalue weighted by Gasteiger charge is 2.26. The fraction of sp³-hybridized carbons (Fsp3) is 0.833. The van der Waals surface area contributed by atoms with Crippen LogP contribution in [0.15, 0.2) is 11.6 Å². The van der Waals surface area contributed by atoms with Crippen LogP contribution in [0.1, 0.15) is 51.4 Å². The van der Waals surface area contributed by atoms with Gasteiger partial charge in [-0.3, -0.25) is 0 Å². The molecule has 0 amide bonds. The zero-order chi connectivity index (χ0) is 12.0. The van der Waals surface area contributed by atoms with Crippen LogP contribution in [-0.4, -0.2) is 12.2 Å². The fourth-order valence-electron chi connectivity index (χ4n) is 2.09. The number of halogens is 3. The molecule has 16 heavy (non-hydrogen) atoms. The van der Waals surface area contributed by atoms with Crippen molar-refractivity contribution < 1.29 is 13.2 Å². The van der Waals surface area contributed by atoms with E-state index in [1.54, 1.807) is 0 Å². The third kappa shape index (κ3) is 6.16. The molecule has 2 N–H and O–H groups in total. The van der Waals surface area contributed by atoms with Gasteiger partial charge in [-0.25, -0.2) is 0 Å². The Hall–Kier alpha value is -0.510. The van der Waals surface area contributed by atoms with Crippen LogP contribution in [0.4, 0.5) is 13.2 Å². The minimum atomic E-state index is -4.04. The second kappa shape index (κ2) is 6.28. The summed E-state index contributed by atoms with van der Waals surface area (Å²) in [4.78, 5) is 0. The van der Waals surface area contributed by atoms with Crippen molar-refractivity contribution in [2.24, 2.45) is 5.73 Å². The van der Waals surface area contributed by atoms with Crippen LogP contribution in [0.5, 0.6) is 0 Å². The Morgan fingerprint density at radius 2 is 2.06 bits per heavy atom. The van der Waals surface area contributed by atoms with Gasteiger partial charge in [0.25, 0.3) is 0 Å². The molecule has 1 rings (SSSR count). The van der Waals surface area contributed by atoms with E-state index < -0.39 is 12.6 Å². The van der Waals surface area contributed by atoms with E-state index in [2.05, 4.69) is 6.08 Å². The molecule has 1 nitrogen and oxygen atoms in total. The third-order valence-electron chi connectivity index (χ3n) is 2.94. The van der Waals surface area contributed by atoms with Gasteiger partial charge in [0.2, 0.25) is 0 Å². The van der Waals surface area contributed by atoms with E-state index >= 15 is 0 Å². The number of hydrogen-bond donors (Lipinski definition) is 1. The predicted octanol–water partition coefficient (Wildman–Crippen LogP) is 3.94. The average molecular weight is 235 g/mol. The van der Waals surface area contributed by atoms with E-state index in [1.807, 2.05) is 0 Å². The Bertz CT molecular complexity index is 233. The topological polar surface area (TPSA) is 26.0 Å². The van der Waals surface area contributed by atoms with Crippen LogP contribution in [0.25, 0.3) is 0 Å². The highest BCUT2D eigenvalue weighted by atomic mass is 19.4. The molecule has 0 aromatic rings. The predicted molar refractivity (Wildman–Crippen MR) is 59.0 cm³/mol. The monoisotopic (exact) mass is 235 g/mol. The van der Waals surface area contributed by atoms with Gasteiger partial charge in [0.05, 0.1) is 0 Å². The lowest BCUT2D eigenvalue weighted by molar-refractivity contribution is -0.135. The van der Waals surface area contributed by atoms with Crippen LogP contribution >= 0.6 is 0 Å². The first-order valence-electron chi connectivity index (χ1n) is 5.97. The lowest BCUT2D eigenvalue weighted by Crippen LogP contribution is -2.22. The summed E-state index contributed by atoms with van der Waals surface area (Å²) in [6.07, 6.45) is 3.45. The molecule has 94 valence electrons. The molecule has 0 aliphatic heterocycles. The van der Waals surface area contributed by atoms with Crippen LogP contribution < -0.4 is 5.73 Å². The van der Waals surface area contributed by atoms with Gasteiger partial charge in [0.15, 0.2) is 0 Å². The molecule has 0 saturated heterocycles. The molecular weight excluding hydrogens is 215 g/mol. The van der Waals surface area contributed by atoms with Gasteiger partial charge in [0.1, 0.15) is 0 Å². The maximum absolute atomic E-state index is 11.9. The molecule has 4 heteroatoms. The van der Waals surface area contributed by atoms with Gasteiger partial charge in [-0.05, 0) is 44.9 Å². The largest absolute Gasteiger partial charge is 0.389 e. The van der Waals surface area contributed by atoms with Crippen molar-refractivity contribution in [3.8, 4) is 0 Å². The molecular formula is C12H20F3N. The Morgan fingerprint density at radius 1 is 1.31 bits per heavy atom. The number of nitrogens with two attached hydrogens (primary N) is 1. The first kappa shape index (κ1) is 13.6. The van der Waals surface area contributed by atoms with Crippen molar-refractivity contribution in [1.82, 2.24) is 0 Å². The van der Waals surface area contributed by atoms with Crippen molar-refractivity contribution in [2.75, 3.05) is 0 Å². The molecule has 0 aromatic carbocycles. The maximum Gasteiger partial charge on any atom is 0.389 e. The SMILES string of the molecule is NC(CCCC(F)(F)F)CC1=CCCCC1. The smallest absolute Gasteiger partial charge is 0.327 e. The van der Waals surface area contributed by atoms with Gasteiger partial charge < -0.3 is 5.73 Å². The number of rotatable bonds is 5. The summed E-state index contributed by atoms with van der Waals surface area (Å²) in [6, 6.07) is -0.105. The molecule has 0 saturated carbocycles. The van der Waals surface area contributed by atoms with Crippen molar-refractivity contribution in [3.05, 3.63) is 11.6 Å². The van der Waals surface area contributed by atoms with Gasteiger partial charge >= 0.3 is 6.18 Å². The van der Waals surface area contributed by atoms with E-state index in [0.29, 0.717) is 6.42 Å². The highest BCUT2D eigenvalue weighted by Crippen LogP contribution is 2.25. The maximum atomic E-state index is 11.9. The summed E-state index contributed by atoms with van der Waals surface area (Å²) in [6.45, 7) is 0. The Labute approximate surface area is 94.9 Å². The van der Waals surface area contributed by atoms with Crippen LogP contribution in [0.3, 0.4) is 0 Å². The van der Waals surface area contributed by atoms with Crippen LogP contribution in [-0.2, 0) is 0 Å². The summed E-state index contributed by atoms with van der Waals surface area (Å²) >= 11 is 0. The van der Waals surface area contributed by atoms with E-state index in [1.165, 1.54) is 18.4 Å². The van der Waals surface area contributed by atoms with Crippen LogP contribution in [0.2, 0.25) is 0 Å². The third-order valence-corrected chi connectivity index (χ3v) is 2.94.